The van der Waals surface area contributed by atoms with Crippen molar-refractivity contribution in [3.63, 3.8) is 0 Å². The Labute approximate surface area is 59.3 Å². The largest absolute Gasteiger partial charge is 0.481 e. The fourth-order valence-corrected chi connectivity index (χ4v) is 0.526. The van der Waals surface area contributed by atoms with Gasteiger partial charge in [0.2, 0.25) is 0 Å². The Morgan fingerprint density at radius 1 is 1.44 bits per heavy atom. The molecule has 56 valence electrons. The molecule has 0 saturated heterocycles. The lowest BCUT2D eigenvalue weighted by molar-refractivity contribution is -0.137. The van der Waals surface area contributed by atoms with Crippen LogP contribution in [0.25, 0.3) is 0 Å². The predicted molar refractivity (Wildman–Crippen MR) is 42.9 cm³/mol. The highest BCUT2D eigenvalue weighted by Gasteiger charge is 1.92. The Balaban J connectivity index is 0. The van der Waals surface area contributed by atoms with Gasteiger partial charge in [-0.05, 0) is 6.42 Å². The zero-order chi connectivity index (χ0) is 6.41. The standard InChI is InChI=1S/C6H12O2.H3P/c1-2-3-4-5-6(7)8;/h2-5H2,1H3,(H,7,8);1H3. The molecule has 2 nitrogen and oxygen atoms in total. The van der Waals surface area contributed by atoms with Crippen molar-refractivity contribution >= 4 is 15.9 Å². The van der Waals surface area contributed by atoms with Gasteiger partial charge in [0, 0.05) is 6.42 Å². The normalized spacial score (nSPS) is 8.11. The maximum atomic E-state index is 9.87. The Hall–Kier alpha value is -0.100. The minimum absolute atomic E-state index is 0. The molecule has 0 radical (unpaired) electrons. The van der Waals surface area contributed by atoms with Crippen LogP contribution in [0.3, 0.4) is 0 Å². The quantitative estimate of drug-likeness (QED) is 0.489. The third kappa shape index (κ3) is 11.5. The fraction of sp³-hybridized carbons (Fsp3) is 0.833. The molecule has 0 aliphatic rings. The summed E-state index contributed by atoms with van der Waals surface area (Å²) in [6.45, 7) is 2.06. The van der Waals surface area contributed by atoms with Crippen molar-refractivity contribution in [2.45, 2.75) is 32.6 Å². The maximum absolute atomic E-state index is 9.87. The molecule has 0 amide bonds. The highest BCUT2D eigenvalue weighted by atomic mass is 31.0. The highest BCUT2D eigenvalue weighted by molar-refractivity contribution is 6.92. The van der Waals surface area contributed by atoms with E-state index in [0.717, 1.165) is 19.3 Å². The van der Waals surface area contributed by atoms with E-state index >= 15 is 0 Å². The van der Waals surface area contributed by atoms with Gasteiger partial charge in [-0.25, -0.2) is 0 Å². The van der Waals surface area contributed by atoms with Gasteiger partial charge in [0.05, 0.1) is 0 Å². The fourth-order valence-electron chi connectivity index (χ4n) is 0.526. The second-order valence-corrected chi connectivity index (χ2v) is 1.85. The van der Waals surface area contributed by atoms with Gasteiger partial charge in [0.15, 0.2) is 0 Å². The molecule has 1 atom stereocenters. The van der Waals surface area contributed by atoms with Gasteiger partial charge in [0.25, 0.3) is 0 Å². The van der Waals surface area contributed by atoms with E-state index in [1.807, 2.05) is 0 Å². The Bertz CT molecular complexity index is 73.5. The van der Waals surface area contributed by atoms with Crippen LogP contribution in [-0.2, 0) is 4.79 Å². The molecule has 0 aliphatic heterocycles. The van der Waals surface area contributed by atoms with Gasteiger partial charge in [-0.1, -0.05) is 19.8 Å². The molecule has 9 heavy (non-hydrogen) atoms. The average Bonchev–Trinajstić information content (AvgIpc) is 1.66. The van der Waals surface area contributed by atoms with Crippen molar-refractivity contribution in [3.05, 3.63) is 0 Å². The van der Waals surface area contributed by atoms with Crippen molar-refractivity contribution < 1.29 is 9.90 Å². The third-order valence-corrected chi connectivity index (χ3v) is 0.994. The molecule has 0 spiro atoms. The lowest BCUT2D eigenvalue weighted by Gasteiger charge is -1.89. The monoisotopic (exact) mass is 150 g/mol. The van der Waals surface area contributed by atoms with E-state index in [1.54, 1.807) is 0 Å². The number of hydrogen-bond acceptors (Lipinski definition) is 1. The summed E-state index contributed by atoms with van der Waals surface area (Å²) in [5.41, 5.74) is 0. The molecule has 0 aromatic rings. The summed E-state index contributed by atoms with van der Waals surface area (Å²) in [7, 11) is 0. The molecule has 3 heteroatoms. The van der Waals surface area contributed by atoms with Crippen molar-refractivity contribution in [2.24, 2.45) is 0 Å². The van der Waals surface area contributed by atoms with E-state index in [4.69, 9.17) is 5.11 Å². The van der Waals surface area contributed by atoms with Crippen LogP contribution in [0.15, 0.2) is 0 Å². The van der Waals surface area contributed by atoms with E-state index in [2.05, 4.69) is 6.92 Å². The first-order chi connectivity index (χ1) is 3.77. The zero-order valence-electron chi connectivity index (χ0n) is 5.89. The molecular weight excluding hydrogens is 135 g/mol. The second-order valence-electron chi connectivity index (χ2n) is 1.85. The number of rotatable bonds is 4. The smallest absolute Gasteiger partial charge is 0.303 e. The first-order valence-electron chi connectivity index (χ1n) is 2.99. The minimum atomic E-state index is -0.682. The summed E-state index contributed by atoms with van der Waals surface area (Å²) >= 11 is 0. The number of unbranched alkanes of at least 4 members (excludes halogenated alkanes) is 2. The van der Waals surface area contributed by atoms with E-state index in [-0.39, 0.29) is 9.90 Å². The summed E-state index contributed by atoms with van der Waals surface area (Å²) in [5, 5.41) is 8.14. The topological polar surface area (TPSA) is 37.3 Å². The molecule has 0 saturated carbocycles. The van der Waals surface area contributed by atoms with Crippen LogP contribution in [0.4, 0.5) is 0 Å². The Kier molecular flexibility index (Phi) is 10.2. The SMILES string of the molecule is CCCCCC(=O)O.P. The molecule has 0 aromatic carbocycles. The van der Waals surface area contributed by atoms with Crippen LogP contribution in [0.5, 0.6) is 0 Å². The molecule has 1 N–H and O–H groups in total. The Morgan fingerprint density at radius 3 is 2.33 bits per heavy atom. The average molecular weight is 150 g/mol. The van der Waals surface area contributed by atoms with Gasteiger partial charge in [0.1, 0.15) is 0 Å². The number of aliphatic carboxylic acids is 1. The van der Waals surface area contributed by atoms with Crippen molar-refractivity contribution in [3.8, 4) is 0 Å². The van der Waals surface area contributed by atoms with Crippen molar-refractivity contribution in [2.75, 3.05) is 0 Å². The van der Waals surface area contributed by atoms with E-state index in [1.165, 1.54) is 0 Å². The van der Waals surface area contributed by atoms with Crippen LogP contribution >= 0.6 is 9.90 Å². The number of carboxylic acids is 1. The molecule has 0 fully saturated rings. The molecule has 0 aliphatic carbocycles. The van der Waals surface area contributed by atoms with Gasteiger partial charge in [-0.15, -0.1) is 0 Å². The summed E-state index contributed by atoms with van der Waals surface area (Å²) in [5.74, 6) is -0.682. The minimum Gasteiger partial charge on any atom is -0.481 e. The van der Waals surface area contributed by atoms with Crippen LogP contribution in [0, 0.1) is 0 Å². The first kappa shape index (κ1) is 11.7. The summed E-state index contributed by atoms with van der Waals surface area (Å²) < 4.78 is 0. The van der Waals surface area contributed by atoms with E-state index in [0.29, 0.717) is 6.42 Å². The molecule has 0 aromatic heterocycles. The molecule has 0 bridgehead atoms. The number of carbonyl (C=O) groups is 1. The summed E-state index contributed by atoms with van der Waals surface area (Å²) in [4.78, 5) is 9.87. The lowest BCUT2D eigenvalue weighted by atomic mass is 10.2. The molecule has 0 rings (SSSR count). The summed E-state index contributed by atoms with van der Waals surface area (Å²) in [6.07, 6.45) is 3.28. The van der Waals surface area contributed by atoms with Crippen LogP contribution < -0.4 is 0 Å². The van der Waals surface area contributed by atoms with Gasteiger partial charge in [-0.3, -0.25) is 4.79 Å². The van der Waals surface area contributed by atoms with E-state index < -0.39 is 5.97 Å². The third-order valence-electron chi connectivity index (χ3n) is 0.994. The lowest BCUT2D eigenvalue weighted by Crippen LogP contribution is -1.92. The van der Waals surface area contributed by atoms with E-state index in [9.17, 15) is 4.79 Å². The zero-order valence-corrected chi connectivity index (χ0v) is 7.31. The second kappa shape index (κ2) is 7.90. The van der Waals surface area contributed by atoms with Gasteiger partial charge >= 0.3 is 5.97 Å². The van der Waals surface area contributed by atoms with Crippen molar-refractivity contribution in [1.29, 1.82) is 0 Å². The van der Waals surface area contributed by atoms with Gasteiger partial charge < -0.3 is 5.11 Å². The van der Waals surface area contributed by atoms with Crippen LogP contribution in [0.1, 0.15) is 32.6 Å². The van der Waals surface area contributed by atoms with Crippen LogP contribution in [0.2, 0.25) is 0 Å². The van der Waals surface area contributed by atoms with Crippen LogP contribution in [-0.4, -0.2) is 11.1 Å². The number of hydrogen-bond donors (Lipinski definition) is 1. The van der Waals surface area contributed by atoms with Crippen molar-refractivity contribution in [1.82, 2.24) is 0 Å². The molecule has 0 heterocycles. The first-order valence-corrected chi connectivity index (χ1v) is 2.99. The van der Waals surface area contributed by atoms with Gasteiger partial charge in [-0.2, -0.15) is 9.90 Å². The Morgan fingerprint density at radius 2 is 2.00 bits per heavy atom. The molecule has 1 unspecified atom stereocenters. The summed E-state index contributed by atoms with van der Waals surface area (Å²) in [6, 6.07) is 0. The predicted octanol–water partition coefficient (Wildman–Crippen LogP) is 1.71. The number of carboxylic acid groups (broad SMARTS) is 1. The highest BCUT2D eigenvalue weighted by Crippen LogP contribution is 1.97. The maximum Gasteiger partial charge on any atom is 0.303 e. The molecular formula is C6H15O2P.